The van der Waals surface area contributed by atoms with E-state index in [2.05, 4.69) is 5.32 Å². The second-order valence-electron chi connectivity index (χ2n) is 5.78. The number of ether oxygens (including phenoxy) is 3. The molecule has 1 aliphatic heterocycles. The van der Waals surface area contributed by atoms with Crippen LogP contribution in [0.2, 0.25) is 0 Å². The van der Waals surface area contributed by atoms with E-state index < -0.39 is 11.6 Å². The third-order valence-corrected chi connectivity index (χ3v) is 3.23. The first-order chi connectivity index (χ1) is 10.00. The molecule has 0 radical (unpaired) electrons. The highest BCUT2D eigenvalue weighted by Crippen LogP contribution is 2.32. The quantitative estimate of drug-likeness (QED) is 0.654. The molecule has 0 fully saturated rings. The van der Waals surface area contributed by atoms with Crippen molar-refractivity contribution in [2.24, 2.45) is 0 Å². The minimum absolute atomic E-state index is 0.0117. The number of fused-ring (bicyclic) bond motifs is 1. The van der Waals surface area contributed by atoms with Gasteiger partial charge in [-0.05, 0) is 31.5 Å². The molecule has 3 N–H and O–H groups in total. The Morgan fingerprint density at radius 2 is 2.10 bits per heavy atom. The van der Waals surface area contributed by atoms with E-state index in [0.717, 1.165) is 17.1 Å². The molecule has 1 aliphatic rings. The van der Waals surface area contributed by atoms with E-state index in [4.69, 9.17) is 19.3 Å². The van der Waals surface area contributed by atoms with Gasteiger partial charge in [0.25, 0.3) is 0 Å². The van der Waals surface area contributed by atoms with Crippen LogP contribution in [0.3, 0.4) is 0 Å². The third kappa shape index (κ3) is 4.86. The van der Waals surface area contributed by atoms with Crippen molar-refractivity contribution in [3.8, 4) is 11.5 Å². The first kappa shape index (κ1) is 16.0. The zero-order chi connectivity index (χ0) is 15.3. The predicted molar refractivity (Wildman–Crippen MR) is 77.4 cm³/mol. The first-order valence-electron chi connectivity index (χ1n) is 7.00. The lowest BCUT2D eigenvalue weighted by atomic mass is 10.1. The van der Waals surface area contributed by atoms with Gasteiger partial charge in [-0.25, -0.2) is 0 Å². The van der Waals surface area contributed by atoms with Crippen LogP contribution in [-0.2, 0) is 11.3 Å². The Morgan fingerprint density at radius 1 is 1.33 bits per heavy atom. The summed E-state index contributed by atoms with van der Waals surface area (Å²) in [4.78, 5) is 0. The monoisotopic (exact) mass is 297 g/mol. The van der Waals surface area contributed by atoms with E-state index in [-0.39, 0.29) is 20.0 Å². The predicted octanol–water partition coefficient (Wildman–Crippen LogP) is 0.653. The summed E-state index contributed by atoms with van der Waals surface area (Å²) >= 11 is 0. The Morgan fingerprint density at radius 3 is 2.86 bits per heavy atom. The van der Waals surface area contributed by atoms with Crippen molar-refractivity contribution in [3.63, 3.8) is 0 Å². The Balaban J connectivity index is 1.69. The molecule has 21 heavy (non-hydrogen) atoms. The van der Waals surface area contributed by atoms with Gasteiger partial charge in [-0.15, -0.1) is 0 Å². The molecule has 6 nitrogen and oxygen atoms in total. The van der Waals surface area contributed by atoms with E-state index in [1.165, 1.54) is 0 Å². The van der Waals surface area contributed by atoms with Gasteiger partial charge in [-0.1, -0.05) is 6.07 Å². The molecule has 2 rings (SSSR count). The smallest absolute Gasteiger partial charge is 0.231 e. The maximum absolute atomic E-state index is 9.83. The summed E-state index contributed by atoms with van der Waals surface area (Å²) in [6.45, 7) is 5.00. The summed E-state index contributed by atoms with van der Waals surface area (Å²) in [5.74, 6) is 1.47. The van der Waals surface area contributed by atoms with Gasteiger partial charge >= 0.3 is 0 Å². The van der Waals surface area contributed by atoms with Crippen LogP contribution in [0.25, 0.3) is 0 Å². The summed E-state index contributed by atoms with van der Waals surface area (Å²) in [5.41, 5.74) is 0.563. The van der Waals surface area contributed by atoms with E-state index in [9.17, 15) is 5.11 Å². The standard InChI is InChI=1S/C15H23NO5/c1-15(2,9-17)16-6-12(18)8-19-7-11-3-4-13-14(5-11)21-10-20-13/h3-5,12,16-18H,6-10H2,1-2H3. The fraction of sp³-hybridized carbons (Fsp3) is 0.600. The van der Waals surface area contributed by atoms with Crippen molar-refractivity contribution in [1.82, 2.24) is 5.32 Å². The normalized spacial score (nSPS) is 15.2. The molecule has 0 saturated heterocycles. The Kier molecular flexibility index (Phi) is 5.41. The summed E-state index contributed by atoms with van der Waals surface area (Å²) in [7, 11) is 0. The van der Waals surface area contributed by atoms with Crippen LogP contribution in [0.1, 0.15) is 19.4 Å². The summed E-state index contributed by atoms with van der Waals surface area (Å²) in [6, 6.07) is 5.64. The van der Waals surface area contributed by atoms with Crippen LogP contribution < -0.4 is 14.8 Å². The number of nitrogens with one attached hydrogen (secondary N) is 1. The molecular formula is C15H23NO5. The van der Waals surface area contributed by atoms with E-state index in [0.29, 0.717) is 13.2 Å². The maximum Gasteiger partial charge on any atom is 0.231 e. The Bertz CT molecular complexity index is 463. The van der Waals surface area contributed by atoms with Crippen molar-refractivity contribution in [1.29, 1.82) is 0 Å². The van der Waals surface area contributed by atoms with Gasteiger partial charge in [0.1, 0.15) is 0 Å². The molecule has 6 heteroatoms. The largest absolute Gasteiger partial charge is 0.454 e. The van der Waals surface area contributed by atoms with Gasteiger partial charge in [-0.3, -0.25) is 0 Å². The zero-order valence-corrected chi connectivity index (χ0v) is 12.5. The molecule has 1 aromatic rings. The maximum atomic E-state index is 9.83. The van der Waals surface area contributed by atoms with Crippen LogP contribution in [0.15, 0.2) is 18.2 Å². The van der Waals surface area contributed by atoms with Crippen LogP contribution in [0.5, 0.6) is 11.5 Å². The second kappa shape index (κ2) is 7.09. The fourth-order valence-corrected chi connectivity index (χ4v) is 1.85. The molecule has 0 aromatic heterocycles. The molecule has 0 bridgehead atoms. The van der Waals surface area contributed by atoms with Crippen molar-refractivity contribution in [2.45, 2.75) is 32.1 Å². The summed E-state index contributed by atoms with van der Waals surface area (Å²) in [5, 5.41) is 22.0. The molecular weight excluding hydrogens is 274 g/mol. The highest BCUT2D eigenvalue weighted by Gasteiger charge is 2.17. The van der Waals surface area contributed by atoms with Crippen LogP contribution in [0, 0.1) is 0 Å². The average Bonchev–Trinajstić information content (AvgIpc) is 2.93. The van der Waals surface area contributed by atoms with Crippen molar-refractivity contribution >= 4 is 0 Å². The van der Waals surface area contributed by atoms with E-state index in [1.54, 1.807) is 0 Å². The molecule has 1 unspecified atom stereocenters. The molecule has 1 heterocycles. The molecule has 1 atom stereocenters. The lowest BCUT2D eigenvalue weighted by Crippen LogP contribution is -2.46. The number of hydrogen-bond acceptors (Lipinski definition) is 6. The van der Waals surface area contributed by atoms with Gasteiger partial charge in [0.05, 0.1) is 25.9 Å². The Labute approximate surface area is 124 Å². The minimum atomic E-state index is -0.621. The number of β-amino-alcohol motifs (C(OH)–C–C–N with tert-alkyl or cyclic N) is 1. The highest BCUT2D eigenvalue weighted by molar-refractivity contribution is 5.44. The molecule has 0 aliphatic carbocycles. The van der Waals surface area contributed by atoms with Crippen molar-refractivity contribution in [3.05, 3.63) is 23.8 Å². The van der Waals surface area contributed by atoms with E-state index in [1.807, 2.05) is 32.0 Å². The number of rotatable bonds is 8. The van der Waals surface area contributed by atoms with Gasteiger partial charge in [0, 0.05) is 12.1 Å². The topological polar surface area (TPSA) is 80.2 Å². The van der Waals surface area contributed by atoms with Crippen molar-refractivity contribution < 1.29 is 24.4 Å². The average molecular weight is 297 g/mol. The number of aliphatic hydroxyl groups is 2. The van der Waals surface area contributed by atoms with Crippen LogP contribution in [0.4, 0.5) is 0 Å². The first-order valence-corrected chi connectivity index (χ1v) is 7.00. The summed E-state index contributed by atoms with van der Waals surface area (Å²) in [6.07, 6.45) is -0.621. The van der Waals surface area contributed by atoms with E-state index >= 15 is 0 Å². The lowest BCUT2D eigenvalue weighted by molar-refractivity contribution is 0.0236. The van der Waals surface area contributed by atoms with Gasteiger partial charge < -0.3 is 29.7 Å². The third-order valence-electron chi connectivity index (χ3n) is 3.23. The molecule has 0 saturated carbocycles. The van der Waals surface area contributed by atoms with Gasteiger partial charge in [0.2, 0.25) is 6.79 Å². The van der Waals surface area contributed by atoms with Crippen LogP contribution >= 0.6 is 0 Å². The number of aliphatic hydroxyl groups excluding tert-OH is 2. The van der Waals surface area contributed by atoms with Crippen molar-refractivity contribution in [2.75, 3.05) is 26.6 Å². The number of benzene rings is 1. The lowest BCUT2D eigenvalue weighted by Gasteiger charge is -2.25. The zero-order valence-electron chi connectivity index (χ0n) is 12.5. The van der Waals surface area contributed by atoms with Gasteiger partial charge in [-0.2, -0.15) is 0 Å². The fourth-order valence-electron chi connectivity index (χ4n) is 1.85. The molecule has 0 spiro atoms. The summed E-state index contributed by atoms with van der Waals surface area (Å²) < 4.78 is 16.0. The highest BCUT2D eigenvalue weighted by atomic mass is 16.7. The Hall–Kier alpha value is -1.34. The SMILES string of the molecule is CC(C)(CO)NCC(O)COCc1ccc2c(c1)OCO2. The number of hydrogen-bond donors (Lipinski definition) is 3. The minimum Gasteiger partial charge on any atom is -0.454 e. The molecule has 1 aromatic carbocycles. The second-order valence-corrected chi connectivity index (χ2v) is 5.78. The molecule has 0 amide bonds. The molecule has 118 valence electrons. The van der Waals surface area contributed by atoms with Gasteiger partial charge in [0.15, 0.2) is 11.5 Å². The van der Waals surface area contributed by atoms with Crippen LogP contribution in [-0.4, -0.2) is 48.4 Å².